The summed E-state index contributed by atoms with van der Waals surface area (Å²) in [7, 11) is 0. The van der Waals surface area contributed by atoms with E-state index in [1.807, 2.05) is 0 Å². The molecule has 1 saturated carbocycles. The standard InChI is InChI=1S/C8H13NO3S/c10-3-6-9-7-5(13-6)2-1-4(11)8(7)12/h4-5,7-8,10-12H,1-3H2. The van der Waals surface area contributed by atoms with Crippen molar-refractivity contribution in [3.05, 3.63) is 0 Å². The van der Waals surface area contributed by atoms with Crippen molar-refractivity contribution in [1.82, 2.24) is 0 Å². The Morgan fingerprint density at radius 3 is 2.85 bits per heavy atom. The lowest BCUT2D eigenvalue weighted by Crippen LogP contribution is -2.45. The topological polar surface area (TPSA) is 73.1 Å². The first kappa shape index (κ1) is 9.45. The Morgan fingerprint density at radius 2 is 2.15 bits per heavy atom. The van der Waals surface area contributed by atoms with Gasteiger partial charge in [-0.3, -0.25) is 4.99 Å². The van der Waals surface area contributed by atoms with Gasteiger partial charge in [-0.2, -0.15) is 0 Å². The lowest BCUT2D eigenvalue weighted by Gasteiger charge is -2.31. The molecule has 4 atom stereocenters. The molecule has 5 heteroatoms. The number of aliphatic hydroxyl groups is 3. The van der Waals surface area contributed by atoms with Gasteiger partial charge in [0.05, 0.1) is 23.8 Å². The van der Waals surface area contributed by atoms with Crippen LogP contribution in [0.2, 0.25) is 0 Å². The maximum Gasteiger partial charge on any atom is 0.103 e. The maximum absolute atomic E-state index is 9.61. The molecular formula is C8H13NO3S. The third-order valence-corrected chi connectivity index (χ3v) is 3.91. The highest BCUT2D eigenvalue weighted by molar-refractivity contribution is 8.14. The fourth-order valence-electron chi connectivity index (χ4n) is 1.86. The number of fused-ring (bicyclic) bond motifs is 1. The summed E-state index contributed by atoms with van der Waals surface area (Å²) in [6, 6.07) is -0.212. The molecule has 0 aromatic carbocycles. The van der Waals surface area contributed by atoms with Crippen LogP contribution < -0.4 is 0 Å². The first-order valence-electron chi connectivity index (χ1n) is 4.42. The van der Waals surface area contributed by atoms with Crippen LogP contribution in [0.3, 0.4) is 0 Å². The van der Waals surface area contributed by atoms with E-state index in [1.54, 1.807) is 0 Å². The van der Waals surface area contributed by atoms with Crippen LogP contribution >= 0.6 is 11.8 Å². The fourth-order valence-corrected chi connectivity index (χ4v) is 3.08. The van der Waals surface area contributed by atoms with Crippen molar-refractivity contribution in [2.45, 2.75) is 36.3 Å². The number of rotatable bonds is 1. The monoisotopic (exact) mass is 203 g/mol. The Morgan fingerprint density at radius 1 is 1.38 bits per heavy atom. The Labute approximate surface area is 80.7 Å². The van der Waals surface area contributed by atoms with Gasteiger partial charge in [-0.25, -0.2) is 0 Å². The molecule has 74 valence electrons. The second-order valence-corrected chi connectivity index (χ2v) is 4.78. The molecule has 3 N–H and O–H groups in total. The highest BCUT2D eigenvalue weighted by atomic mass is 32.2. The Bertz CT molecular complexity index is 233. The Balaban J connectivity index is 2.11. The van der Waals surface area contributed by atoms with Crippen LogP contribution in [0.4, 0.5) is 0 Å². The molecule has 13 heavy (non-hydrogen) atoms. The van der Waals surface area contributed by atoms with E-state index in [9.17, 15) is 10.2 Å². The highest BCUT2D eigenvalue weighted by Gasteiger charge is 2.41. The summed E-state index contributed by atoms with van der Waals surface area (Å²) in [5.41, 5.74) is 0. The van der Waals surface area contributed by atoms with Crippen LogP contribution in [0.15, 0.2) is 4.99 Å². The molecule has 0 spiro atoms. The number of hydrogen-bond acceptors (Lipinski definition) is 5. The quantitative estimate of drug-likeness (QED) is 0.531. The van der Waals surface area contributed by atoms with Gasteiger partial charge < -0.3 is 15.3 Å². The zero-order valence-electron chi connectivity index (χ0n) is 7.13. The number of aliphatic hydroxyl groups excluding tert-OH is 3. The molecule has 4 nitrogen and oxygen atoms in total. The highest BCUT2D eigenvalue weighted by Crippen LogP contribution is 2.37. The van der Waals surface area contributed by atoms with Gasteiger partial charge in [-0.15, -0.1) is 11.8 Å². The van der Waals surface area contributed by atoms with Gasteiger partial charge in [0.2, 0.25) is 0 Å². The molecule has 0 amide bonds. The summed E-state index contributed by atoms with van der Waals surface area (Å²) in [5.74, 6) is 0. The van der Waals surface area contributed by atoms with Gasteiger partial charge in [-0.1, -0.05) is 0 Å². The van der Waals surface area contributed by atoms with E-state index in [4.69, 9.17) is 5.11 Å². The summed E-state index contributed by atoms with van der Waals surface area (Å²) in [6.45, 7) is -0.0551. The first-order chi connectivity index (χ1) is 6.22. The maximum atomic E-state index is 9.61. The van der Waals surface area contributed by atoms with Crippen LogP contribution in [-0.2, 0) is 0 Å². The first-order valence-corrected chi connectivity index (χ1v) is 5.30. The van der Waals surface area contributed by atoms with Crippen molar-refractivity contribution in [3.8, 4) is 0 Å². The zero-order valence-corrected chi connectivity index (χ0v) is 7.94. The number of aliphatic imine (C=N–C) groups is 1. The Kier molecular flexibility index (Phi) is 2.60. The van der Waals surface area contributed by atoms with Gasteiger partial charge in [0.1, 0.15) is 6.10 Å². The average Bonchev–Trinajstić information content (AvgIpc) is 2.55. The van der Waals surface area contributed by atoms with Gasteiger partial charge in [0, 0.05) is 5.25 Å². The number of nitrogens with zero attached hydrogens (tertiary/aromatic N) is 1. The van der Waals surface area contributed by atoms with Crippen LogP contribution in [0, 0.1) is 0 Å². The lowest BCUT2D eigenvalue weighted by atomic mass is 9.90. The molecule has 1 aliphatic carbocycles. The summed E-state index contributed by atoms with van der Waals surface area (Å²) >= 11 is 1.53. The van der Waals surface area contributed by atoms with E-state index in [2.05, 4.69) is 4.99 Å². The Hall–Kier alpha value is -0.100. The molecule has 0 aromatic rings. The van der Waals surface area contributed by atoms with Crippen LogP contribution in [-0.4, -0.2) is 50.5 Å². The molecule has 1 aliphatic heterocycles. The number of hydrogen-bond donors (Lipinski definition) is 3. The van der Waals surface area contributed by atoms with E-state index >= 15 is 0 Å². The third kappa shape index (κ3) is 1.61. The number of thioether (sulfide) groups is 1. The van der Waals surface area contributed by atoms with E-state index in [-0.39, 0.29) is 17.9 Å². The molecule has 1 fully saturated rings. The summed E-state index contributed by atoms with van der Waals surface area (Å²) < 4.78 is 0. The van der Waals surface area contributed by atoms with E-state index in [1.165, 1.54) is 11.8 Å². The second-order valence-electron chi connectivity index (χ2n) is 3.46. The molecule has 4 unspecified atom stereocenters. The van der Waals surface area contributed by atoms with E-state index in [0.29, 0.717) is 11.5 Å². The molecule has 2 rings (SSSR count). The van der Waals surface area contributed by atoms with Crippen LogP contribution in [0.5, 0.6) is 0 Å². The second kappa shape index (κ2) is 3.57. The van der Waals surface area contributed by atoms with Crippen molar-refractivity contribution in [3.63, 3.8) is 0 Å². The van der Waals surface area contributed by atoms with Gasteiger partial charge >= 0.3 is 0 Å². The van der Waals surface area contributed by atoms with Crippen molar-refractivity contribution in [1.29, 1.82) is 0 Å². The molecular weight excluding hydrogens is 190 g/mol. The SMILES string of the molecule is OCC1=NC2C(CCC(O)C2O)S1. The minimum atomic E-state index is -0.754. The third-order valence-electron chi connectivity index (χ3n) is 2.59. The van der Waals surface area contributed by atoms with Crippen molar-refractivity contribution in [2.24, 2.45) is 4.99 Å². The van der Waals surface area contributed by atoms with Crippen molar-refractivity contribution < 1.29 is 15.3 Å². The van der Waals surface area contributed by atoms with Gasteiger partial charge in [0.25, 0.3) is 0 Å². The predicted molar refractivity (Wildman–Crippen MR) is 50.9 cm³/mol. The molecule has 0 saturated heterocycles. The van der Waals surface area contributed by atoms with Gasteiger partial charge in [-0.05, 0) is 12.8 Å². The summed E-state index contributed by atoms with van der Waals surface area (Å²) in [4.78, 5) is 4.18. The molecule has 2 aliphatic rings. The normalized spacial score (nSPS) is 44.4. The lowest BCUT2D eigenvalue weighted by molar-refractivity contribution is -0.0171. The zero-order chi connectivity index (χ0) is 9.42. The molecule has 1 heterocycles. The summed E-state index contributed by atoms with van der Waals surface area (Å²) in [6.07, 6.45) is 0.0864. The molecule has 0 aromatic heterocycles. The predicted octanol–water partition coefficient (Wildman–Crippen LogP) is -0.623. The van der Waals surface area contributed by atoms with Crippen molar-refractivity contribution in [2.75, 3.05) is 6.61 Å². The van der Waals surface area contributed by atoms with Crippen molar-refractivity contribution >= 4 is 16.8 Å². The molecule has 0 bridgehead atoms. The molecule has 0 radical (unpaired) electrons. The van der Waals surface area contributed by atoms with E-state index < -0.39 is 12.2 Å². The van der Waals surface area contributed by atoms with Gasteiger partial charge in [0.15, 0.2) is 0 Å². The van der Waals surface area contributed by atoms with E-state index in [0.717, 1.165) is 6.42 Å². The summed E-state index contributed by atoms with van der Waals surface area (Å²) in [5, 5.41) is 28.8. The van der Waals surface area contributed by atoms with Crippen LogP contribution in [0.1, 0.15) is 12.8 Å². The minimum absolute atomic E-state index is 0.0551. The fraction of sp³-hybridized carbons (Fsp3) is 0.875. The minimum Gasteiger partial charge on any atom is -0.390 e. The smallest absolute Gasteiger partial charge is 0.103 e. The van der Waals surface area contributed by atoms with Crippen LogP contribution in [0.25, 0.3) is 0 Å². The average molecular weight is 203 g/mol. The largest absolute Gasteiger partial charge is 0.390 e.